The highest BCUT2D eigenvalue weighted by molar-refractivity contribution is 5.35. The summed E-state index contributed by atoms with van der Waals surface area (Å²) in [6.45, 7) is 5.67. The van der Waals surface area contributed by atoms with E-state index in [0.717, 1.165) is 37.4 Å². The summed E-state index contributed by atoms with van der Waals surface area (Å²) in [5.74, 6) is 3.95. The number of piperidine rings is 1. The fourth-order valence-corrected chi connectivity index (χ4v) is 3.26. The summed E-state index contributed by atoms with van der Waals surface area (Å²) in [6, 6.07) is 2.64. The van der Waals surface area contributed by atoms with Crippen molar-refractivity contribution in [1.29, 1.82) is 0 Å². The lowest BCUT2D eigenvalue weighted by molar-refractivity contribution is 0.321. The van der Waals surface area contributed by atoms with Crippen LogP contribution in [-0.4, -0.2) is 42.5 Å². The Morgan fingerprint density at radius 1 is 1.24 bits per heavy atom. The zero-order chi connectivity index (χ0) is 11.2. The van der Waals surface area contributed by atoms with Gasteiger partial charge in [-0.2, -0.15) is 5.10 Å². The molecule has 0 amide bonds. The van der Waals surface area contributed by atoms with Gasteiger partial charge in [0.05, 0.1) is 12.2 Å². The molecule has 92 valence electrons. The summed E-state index contributed by atoms with van der Waals surface area (Å²) in [7, 11) is 0. The molecule has 1 aromatic rings. The average Bonchev–Trinajstić information content (AvgIpc) is 2.72. The van der Waals surface area contributed by atoms with Crippen LogP contribution < -0.4 is 16.0 Å². The van der Waals surface area contributed by atoms with Crippen LogP contribution in [0.25, 0.3) is 0 Å². The van der Waals surface area contributed by atoms with Gasteiger partial charge in [-0.15, -0.1) is 0 Å². The van der Waals surface area contributed by atoms with Gasteiger partial charge in [-0.3, -0.25) is 0 Å². The molecule has 1 aromatic heterocycles. The summed E-state index contributed by atoms with van der Waals surface area (Å²) < 4.78 is 2.13. The van der Waals surface area contributed by atoms with E-state index in [1.165, 1.54) is 18.9 Å². The molecule has 3 aliphatic rings. The molecular formula is C12H19N5. The number of rotatable bonds is 4. The van der Waals surface area contributed by atoms with Gasteiger partial charge >= 0.3 is 0 Å². The van der Waals surface area contributed by atoms with E-state index in [1.54, 1.807) is 0 Å². The number of hydrogen-bond acceptors (Lipinski definition) is 4. The van der Waals surface area contributed by atoms with Crippen LogP contribution in [-0.2, 0) is 0 Å². The Bertz CT molecular complexity index is 401. The van der Waals surface area contributed by atoms with Crippen LogP contribution in [0.2, 0.25) is 0 Å². The van der Waals surface area contributed by atoms with Gasteiger partial charge in [0.1, 0.15) is 5.82 Å². The standard InChI is InChI=1S/C12H19N5/c1-2-16-17(8-3-13-4-8)12(1)15-7-11-9-5-14-6-10(9)11/h1-2,8-11,13-15H,3-7H2. The van der Waals surface area contributed by atoms with Crippen molar-refractivity contribution in [1.82, 2.24) is 20.4 Å². The first-order chi connectivity index (χ1) is 8.43. The topological polar surface area (TPSA) is 53.9 Å². The zero-order valence-electron chi connectivity index (χ0n) is 9.89. The SMILES string of the molecule is c1cc(NCC2C3CNCC32)n(C2CNC2)n1. The highest BCUT2D eigenvalue weighted by atomic mass is 15.4. The highest BCUT2D eigenvalue weighted by Gasteiger charge is 2.52. The van der Waals surface area contributed by atoms with E-state index >= 15 is 0 Å². The van der Waals surface area contributed by atoms with Crippen molar-refractivity contribution < 1.29 is 0 Å². The average molecular weight is 233 g/mol. The molecule has 2 saturated heterocycles. The molecular weight excluding hydrogens is 214 g/mol. The van der Waals surface area contributed by atoms with E-state index in [4.69, 9.17) is 0 Å². The van der Waals surface area contributed by atoms with Crippen LogP contribution in [0.1, 0.15) is 6.04 Å². The molecule has 2 atom stereocenters. The third kappa shape index (κ3) is 1.57. The number of fused-ring (bicyclic) bond motifs is 1. The zero-order valence-corrected chi connectivity index (χ0v) is 9.89. The molecule has 3 N–H and O–H groups in total. The molecule has 1 saturated carbocycles. The molecule has 5 heteroatoms. The molecule has 4 rings (SSSR count). The minimum absolute atomic E-state index is 0.549. The summed E-state index contributed by atoms with van der Waals surface area (Å²) in [4.78, 5) is 0. The lowest BCUT2D eigenvalue weighted by Gasteiger charge is -2.29. The van der Waals surface area contributed by atoms with Crippen LogP contribution in [0, 0.1) is 17.8 Å². The molecule has 0 spiro atoms. The predicted octanol–water partition coefficient (Wildman–Crippen LogP) is -0.0953. The molecule has 0 aromatic carbocycles. The van der Waals surface area contributed by atoms with E-state index in [0.29, 0.717) is 6.04 Å². The van der Waals surface area contributed by atoms with Crippen molar-refractivity contribution in [2.45, 2.75) is 6.04 Å². The van der Waals surface area contributed by atoms with Crippen molar-refractivity contribution >= 4 is 5.82 Å². The molecule has 1 aliphatic carbocycles. The maximum atomic E-state index is 4.41. The number of aromatic nitrogens is 2. The van der Waals surface area contributed by atoms with Crippen molar-refractivity contribution in [3.8, 4) is 0 Å². The van der Waals surface area contributed by atoms with Gasteiger partial charge in [-0.25, -0.2) is 4.68 Å². The smallest absolute Gasteiger partial charge is 0.124 e. The summed E-state index contributed by atoms with van der Waals surface area (Å²) in [6.07, 6.45) is 1.90. The van der Waals surface area contributed by atoms with Gasteiger partial charge in [-0.1, -0.05) is 0 Å². The quantitative estimate of drug-likeness (QED) is 0.680. The van der Waals surface area contributed by atoms with E-state index in [9.17, 15) is 0 Å². The number of nitrogens with one attached hydrogen (secondary N) is 3. The van der Waals surface area contributed by atoms with Gasteiger partial charge in [0.25, 0.3) is 0 Å². The predicted molar refractivity (Wildman–Crippen MR) is 66.0 cm³/mol. The number of nitrogens with zero attached hydrogens (tertiary/aromatic N) is 2. The first-order valence-corrected chi connectivity index (χ1v) is 6.62. The van der Waals surface area contributed by atoms with Crippen molar-refractivity contribution in [2.75, 3.05) is 38.0 Å². The maximum absolute atomic E-state index is 4.41. The Morgan fingerprint density at radius 2 is 2.00 bits per heavy atom. The van der Waals surface area contributed by atoms with Gasteiger partial charge in [0.2, 0.25) is 0 Å². The second kappa shape index (κ2) is 3.71. The minimum Gasteiger partial charge on any atom is -0.370 e. The Hall–Kier alpha value is -1.07. The molecule has 17 heavy (non-hydrogen) atoms. The molecule has 3 fully saturated rings. The fraction of sp³-hybridized carbons (Fsp3) is 0.750. The Labute approximate surface area is 101 Å². The molecule has 5 nitrogen and oxygen atoms in total. The lowest BCUT2D eigenvalue weighted by atomic mass is 10.2. The van der Waals surface area contributed by atoms with Crippen molar-refractivity contribution in [3.05, 3.63) is 12.3 Å². The second-order valence-corrected chi connectivity index (χ2v) is 5.50. The van der Waals surface area contributed by atoms with Crippen LogP contribution in [0.4, 0.5) is 5.82 Å². The number of hydrogen-bond donors (Lipinski definition) is 3. The lowest BCUT2D eigenvalue weighted by Crippen LogP contribution is -2.44. The molecule has 3 heterocycles. The number of anilines is 1. The molecule has 2 aliphatic heterocycles. The fourth-order valence-electron chi connectivity index (χ4n) is 3.26. The van der Waals surface area contributed by atoms with E-state index in [1.807, 2.05) is 6.20 Å². The largest absolute Gasteiger partial charge is 0.370 e. The van der Waals surface area contributed by atoms with Gasteiger partial charge in [0, 0.05) is 25.7 Å². The van der Waals surface area contributed by atoms with E-state index in [-0.39, 0.29) is 0 Å². The summed E-state index contributed by atoms with van der Waals surface area (Å²) >= 11 is 0. The van der Waals surface area contributed by atoms with Gasteiger partial charge in [-0.05, 0) is 30.8 Å². The monoisotopic (exact) mass is 233 g/mol. The minimum atomic E-state index is 0.549. The van der Waals surface area contributed by atoms with Crippen molar-refractivity contribution in [3.63, 3.8) is 0 Å². The molecule has 0 bridgehead atoms. The van der Waals surface area contributed by atoms with E-state index < -0.39 is 0 Å². The third-order valence-electron chi connectivity index (χ3n) is 4.56. The third-order valence-corrected chi connectivity index (χ3v) is 4.56. The normalized spacial score (nSPS) is 35.4. The van der Waals surface area contributed by atoms with Crippen LogP contribution in [0.5, 0.6) is 0 Å². The molecule has 2 unspecified atom stereocenters. The summed E-state index contributed by atoms with van der Waals surface area (Å²) in [5, 5.41) is 14.7. The van der Waals surface area contributed by atoms with Crippen molar-refractivity contribution in [2.24, 2.45) is 17.8 Å². The Balaban J connectivity index is 1.37. The first kappa shape index (κ1) is 9.91. The highest BCUT2D eigenvalue weighted by Crippen LogP contribution is 2.48. The maximum Gasteiger partial charge on any atom is 0.124 e. The molecule has 0 radical (unpaired) electrons. The van der Waals surface area contributed by atoms with Crippen LogP contribution in [0.3, 0.4) is 0 Å². The first-order valence-electron chi connectivity index (χ1n) is 6.62. The Kier molecular flexibility index (Phi) is 2.16. The summed E-state index contributed by atoms with van der Waals surface area (Å²) in [5.41, 5.74) is 0. The van der Waals surface area contributed by atoms with Crippen LogP contribution in [0.15, 0.2) is 12.3 Å². The second-order valence-electron chi connectivity index (χ2n) is 5.50. The Morgan fingerprint density at radius 3 is 2.71 bits per heavy atom. The van der Waals surface area contributed by atoms with E-state index in [2.05, 4.69) is 31.8 Å². The van der Waals surface area contributed by atoms with Gasteiger partial charge < -0.3 is 16.0 Å². The van der Waals surface area contributed by atoms with Gasteiger partial charge in [0.15, 0.2) is 0 Å². The van der Waals surface area contributed by atoms with Crippen LogP contribution >= 0.6 is 0 Å².